The van der Waals surface area contributed by atoms with E-state index in [-0.39, 0.29) is 11.4 Å². The Morgan fingerprint density at radius 3 is 2.14 bits per heavy atom. The standard InChI is InChI=1S/C17H29N3O/c1-7-20(16(21)12-18-17(2,3)4)13-14-8-10-15(11-9-14)19(5)6/h8-11,18H,7,12-13H2,1-6H3. The molecule has 0 aromatic heterocycles. The molecule has 21 heavy (non-hydrogen) atoms. The maximum absolute atomic E-state index is 12.3. The lowest BCUT2D eigenvalue weighted by molar-refractivity contribution is -0.130. The van der Waals surface area contributed by atoms with Crippen LogP contribution in [-0.2, 0) is 11.3 Å². The zero-order valence-corrected chi connectivity index (χ0v) is 14.2. The zero-order chi connectivity index (χ0) is 16.0. The molecule has 0 saturated carbocycles. The molecule has 1 aromatic carbocycles. The van der Waals surface area contributed by atoms with Crippen molar-refractivity contribution in [3.8, 4) is 0 Å². The topological polar surface area (TPSA) is 35.6 Å². The average molecular weight is 291 g/mol. The van der Waals surface area contributed by atoms with Crippen LogP contribution in [0.15, 0.2) is 24.3 Å². The first kappa shape index (κ1) is 17.5. The van der Waals surface area contributed by atoms with Crippen molar-refractivity contribution in [1.29, 1.82) is 0 Å². The smallest absolute Gasteiger partial charge is 0.236 e. The minimum Gasteiger partial charge on any atom is -0.378 e. The molecule has 1 aromatic rings. The number of hydrogen-bond acceptors (Lipinski definition) is 3. The third-order valence-corrected chi connectivity index (χ3v) is 3.33. The van der Waals surface area contributed by atoms with Crippen LogP contribution in [0.3, 0.4) is 0 Å². The van der Waals surface area contributed by atoms with Crippen LogP contribution in [0.5, 0.6) is 0 Å². The highest BCUT2D eigenvalue weighted by Gasteiger charge is 2.16. The number of nitrogens with zero attached hydrogens (tertiary/aromatic N) is 2. The first-order valence-corrected chi connectivity index (χ1v) is 7.52. The molecule has 4 nitrogen and oxygen atoms in total. The van der Waals surface area contributed by atoms with Gasteiger partial charge in [-0.05, 0) is 45.4 Å². The van der Waals surface area contributed by atoms with Crippen molar-refractivity contribution in [3.05, 3.63) is 29.8 Å². The van der Waals surface area contributed by atoms with Gasteiger partial charge in [0, 0.05) is 38.4 Å². The molecule has 0 heterocycles. The van der Waals surface area contributed by atoms with Crippen LogP contribution in [0.1, 0.15) is 33.3 Å². The molecule has 0 bridgehead atoms. The van der Waals surface area contributed by atoms with Crippen LogP contribution in [-0.4, -0.2) is 43.5 Å². The van der Waals surface area contributed by atoms with Crippen LogP contribution in [0.4, 0.5) is 5.69 Å². The van der Waals surface area contributed by atoms with Crippen molar-refractivity contribution in [2.75, 3.05) is 32.1 Å². The number of benzene rings is 1. The van der Waals surface area contributed by atoms with Gasteiger partial charge in [0.25, 0.3) is 0 Å². The first-order chi connectivity index (χ1) is 9.73. The number of carbonyl (C=O) groups excluding carboxylic acids is 1. The Morgan fingerprint density at radius 2 is 1.71 bits per heavy atom. The Morgan fingerprint density at radius 1 is 1.14 bits per heavy atom. The molecule has 0 radical (unpaired) electrons. The summed E-state index contributed by atoms with van der Waals surface area (Å²) in [6.45, 7) is 9.98. The fourth-order valence-corrected chi connectivity index (χ4v) is 1.95. The van der Waals surface area contributed by atoms with E-state index in [1.165, 1.54) is 5.69 Å². The molecule has 4 heteroatoms. The highest BCUT2D eigenvalue weighted by Crippen LogP contribution is 2.13. The SMILES string of the molecule is CCN(Cc1ccc(N(C)C)cc1)C(=O)CNC(C)(C)C. The Labute approximate surface area is 129 Å². The largest absolute Gasteiger partial charge is 0.378 e. The zero-order valence-electron chi connectivity index (χ0n) is 14.2. The fraction of sp³-hybridized carbons (Fsp3) is 0.588. The summed E-state index contributed by atoms with van der Waals surface area (Å²) in [5, 5.41) is 3.25. The second-order valence-corrected chi connectivity index (χ2v) is 6.57. The highest BCUT2D eigenvalue weighted by molar-refractivity contribution is 5.78. The number of carbonyl (C=O) groups is 1. The number of likely N-dealkylation sites (N-methyl/N-ethyl adjacent to an activating group) is 1. The lowest BCUT2D eigenvalue weighted by atomic mass is 10.1. The second kappa shape index (κ2) is 7.46. The van der Waals surface area contributed by atoms with Gasteiger partial charge in [-0.2, -0.15) is 0 Å². The van der Waals surface area contributed by atoms with E-state index in [0.717, 1.165) is 12.1 Å². The quantitative estimate of drug-likeness (QED) is 0.874. The van der Waals surface area contributed by atoms with Gasteiger partial charge >= 0.3 is 0 Å². The van der Waals surface area contributed by atoms with Gasteiger partial charge in [0.15, 0.2) is 0 Å². The summed E-state index contributed by atoms with van der Waals surface area (Å²) in [5.41, 5.74) is 2.29. The molecule has 1 N–H and O–H groups in total. The Kier molecular flexibility index (Phi) is 6.21. The van der Waals surface area contributed by atoms with E-state index in [1.54, 1.807) is 0 Å². The minimum absolute atomic E-state index is 0.0393. The van der Waals surface area contributed by atoms with E-state index < -0.39 is 0 Å². The molecule has 0 saturated heterocycles. The van der Waals surface area contributed by atoms with Crippen molar-refractivity contribution < 1.29 is 4.79 Å². The summed E-state index contributed by atoms with van der Waals surface area (Å²) in [5.74, 6) is 0.143. The van der Waals surface area contributed by atoms with Gasteiger partial charge in [-0.3, -0.25) is 4.79 Å². The van der Waals surface area contributed by atoms with Gasteiger partial charge in [-0.25, -0.2) is 0 Å². The van der Waals surface area contributed by atoms with Crippen molar-refractivity contribution in [2.45, 2.75) is 39.8 Å². The van der Waals surface area contributed by atoms with E-state index in [4.69, 9.17) is 0 Å². The van der Waals surface area contributed by atoms with E-state index in [9.17, 15) is 4.79 Å². The average Bonchev–Trinajstić information content (AvgIpc) is 2.41. The third-order valence-electron chi connectivity index (χ3n) is 3.33. The summed E-state index contributed by atoms with van der Waals surface area (Å²) >= 11 is 0. The third kappa shape index (κ3) is 6.17. The number of anilines is 1. The van der Waals surface area contributed by atoms with E-state index in [0.29, 0.717) is 13.1 Å². The minimum atomic E-state index is -0.0393. The van der Waals surface area contributed by atoms with Crippen LogP contribution < -0.4 is 10.2 Å². The van der Waals surface area contributed by atoms with Gasteiger partial charge < -0.3 is 15.1 Å². The van der Waals surface area contributed by atoms with Gasteiger partial charge in [0.1, 0.15) is 0 Å². The molecule has 118 valence electrons. The maximum Gasteiger partial charge on any atom is 0.236 e. The monoisotopic (exact) mass is 291 g/mol. The van der Waals surface area contributed by atoms with Crippen LogP contribution in [0, 0.1) is 0 Å². The normalized spacial score (nSPS) is 11.3. The Balaban J connectivity index is 2.62. The maximum atomic E-state index is 12.3. The summed E-state index contributed by atoms with van der Waals surface area (Å²) < 4.78 is 0. The molecule has 1 rings (SSSR count). The Bertz CT molecular complexity index is 446. The van der Waals surface area contributed by atoms with Crippen LogP contribution in [0.2, 0.25) is 0 Å². The van der Waals surface area contributed by atoms with E-state index >= 15 is 0 Å². The summed E-state index contributed by atoms with van der Waals surface area (Å²) in [6.07, 6.45) is 0. The van der Waals surface area contributed by atoms with Crippen LogP contribution in [0.25, 0.3) is 0 Å². The highest BCUT2D eigenvalue weighted by atomic mass is 16.2. The number of amides is 1. The first-order valence-electron chi connectivity index (χ1n) is 7.52. The number of hydrogen-bond donors (Lipinski definition) is 1. The van der Waals surface area contributed by atoms with Crippen molar-refractivity contribution in [2.24, 2.45) is 0 Å². The molecule has 0 aliphatic heterocycles. The lowest BCUT2D eigenvalue weighted by Gasteiger charge is -2.25. The van der Waals surface area contributed by atoms with E-state index in [2.05, 4.69) is 55.3 Å². The van der Waals surface area contributed by atoms with Crippen molar-refractivity contribution >= 4 is 11.6 Å². The molecule has 0 aliphatic carbocycles. The van der Waals surface area contributed by atoms with Crippen LogP contribution >= 0.6 is 0 Å². The number of rotatable bonds is 6. The summed E-state index contributed by atoms with van der Waals surface area (Å²) in [7, 11) is 4.05. The molecule has 0 aliphatic rings. The van der Waals surface area contributed by atoms with Gasteiger partial charge in [0.2, 0.25) is 5.91 Å². The summed E-state index contributed by atoms with van der Waals surface area (Å²) in [4.78, 5) is 16.2. The lowest BCUT2D eigenvalue weighted by Crippen LogP contribution is -2.44. The fourth-order valence-electron chi connectivity index (χ4n) is 1.95. The predicted molar refractivity (Wildman–Crippen MR) is 89.6 cm³/mol. The van der Waals surface area contributed by atoms with Gasteiger partial charge in [-0.1, -0.05) is 12.1 Å². The second-order valence-electron chi connectivity index (χ2n) is 6.57. The predicted octanol–water partition coefficient (Wildman–Crippen LogP) is 2.49. The molecular formula is C17H29N3O. The van der Waals surface area contributed by atoms with Gasteiger partial charge in [0.05, 0.1) is 6.54 Å². The molecule has 0 fully saturated rings. The molecule has 1 amide bonds. The number of nitrogens with one attached hydrogen (secondary N) is 1. The molecular weight excluding hydrogens is 262 g/mol. The molecule has 0 unspecified atom stereocenters. The Hall–Kier alpha value is -1.55. The molecule has 0 spiro atoms. The molecule has 0 atom stereocenters. The van der Waals surface area contributed by atoms with E-state index in [1.807, 2.05) is 25.9 Å². The van der Waals surface area contributed by atoms with Crippen molar-refractivity contribution in [3.63, 3.8) is 0 Å². The summed E-state index contributed by atoms with van der Waals surface area (Å²) in [6, 6.07) is 8.34. The van der Waals surface area contributed by atoms with Gasteiger partial charge in [-0.15, -0.1) is 0 Å². The van der Waals surface area contributed by atoms with Crippen molar-refractivity contribution in [1.82, 2.24) is 10.2 Å².